The fourth-order valence-electron chi connectivity index (χ4n) is 3.31. The number of aromatic nitrogens is 1. The Kier molecular flexibility index (Phi) is 3.24. The molecule has 2 aromatic heterocycles. The summed E-state index contributed by atoms with van der Waals surface area (Å²) < 4.78 is 0. The van der Waals surface area contributed by atoms with Gasteiger partial charge in [0.1, 0.15) is 0 Å². The number of hydrogen-bond donors (Lipinski definition) is 1. The summed E-state index contributed by atoms with van der Waals surface area (Å²) in [4.78, 5) is 20.8. The van der Waals surface area contributed by atoms with Crippen molar-refractivity contribution in [3.05, 3.63) is 41.5 Å². The number of thiophene rings is 1. The number of fused-ring (bicyclic) bond motifs is 2. The van der Waals surface area contributed by atoms with Crippen LogP contribution >= 0.6 is 11.3 Å². The summed E-state index contributed by atoms with van der Waals surface area (Å²) in [5, 5.41) is 3.21. The molecule has 2 aromatic rings. The van der Waals surface area contributed by atoms with Gasteiger partial charge in [0.2, 0.25) is 0 Å². The molecular formula is C16H17N3OS. The lowest BCUT2D eigenvalue weighted by Gasteiger charge is -2.22. The summed E-state index contributed by atoms with van der Waals surface area (Å²) in [5.41, 5.74) is 1.06. The first-order valence-corrected chi connectivity index (χ1v) is 8.15. The number of pyridine rings is 1. The first-order valence-electron chi connectivity index (χ1n) is 7.33. The van der Waals surface area contributed by atoms with Gasteiger partial charge in [-0.05, 0) is 37.1 Å². The minimum absolute atomic E-state index is 0.0638. The molecule has 1 unspecified atom stereocenters. The third kappa shape index (κ3) is 2.47. The number of amides is 1. The molecule has 2 bridgehead atoms. The standard InChI is InChI=1S/C16H17N3OS/c20-16(18-13-10-19-7-5-12(13)9-19)15-4-3-14(21-15)11-2-1-6-17-8-11/h1-4,6,8,12-13H,5,7,9-10H2,(H,18,20)/t12-,13+/m1/s1. The number of nitrogens with one attached hydrogen (secondary N) is 1. The van der Waals surface area contributed by atoms with Crippen LogP contribution in [0.2, 0.25) is 0 Å². The number of hydrogen-bond acceptors (Lipinski definition) is 4. The summed E-state index contributed by atoms with van der Waals surface area (Å²) in [6.07, 6.45) is 4.81. The van der Waals surface area contributed by atoms with Crippen molar-refractivity contribution in [1.29, 1.82) is 0 Å². The van der Waals surface area contributed by atoms with E-state index in [1.807, 2.05) is 30.5 Å². The second-order valence-electron chi connectivity index (χ2n) is 5.79. The Morgan fingerprint density at radius 1 is 1.33 bits per heavy atom. The van der Waals surface area contributed by atoms with E-state index in [9.17, 15) is 4.79 Å². The van der Waals surface area contributed by atoms with Crippen molar-refractivity contribution in [1.82, 2.24) is 15.2 Å². The second kappa shape index (κ2) is 5.24. The summed E-state index contributed by atoms with van der Waals surface area (Å²) in [6.45, 7) is 3.36. The molecule has 0 saturated carbocycles. The van der Waals surface area contributed by atoms with Crippen LogP contribution < -0.4 is 5.32 Å². The minimum Gasteiger partial charge on any atom is -0.347 e. The van der Waals surface area contributed by atoms with Crippen LogP contribution in [-0.2, 0) is 0 Å². The highest BCUT2D eigenvalue weighted by molar-refractivity contribution is 7.17. The Morgan fingerprint density at radius 3 is 3.00 bits per heavy atom. The Morgan fingerprint density at radius 2 is 2.29 bits per heavy atom. The van der Waals surface area contributed by atoms with E-state index in [-0.39, 0.29) is 5.91 Å². The smallest absolute Gasteiger partial charge is 0.261 e. The SMILES string of the molecule is O=C(N[C@H]1CN2CC[C@@H]1C2)c1ccc(-c2cccnc2)s1. The molecule has 108 valence electrons. The molecule has 2 aliphatic rings. The maximum Gasteiger partial charge on any atom is 0.261 e. The highest BCUT2D eigenvalue weighted by atomic mass is 32.1. The molecule has 4 heterocycles. The minimum atomic E-state index is 0.0638. The third-order valence-corrected chi connectivity index (χ3v) is 5.56. The predicted molar refractivity (Wildman–Crippen MR) is 83.4 cm³/mol. The van der Waals surface area contributed by atoms with Crippen LogP contribution in [0.25, 0.3) is 10.4 Å². The molecule has 3 atom stereocenters. The van der Waals surface area contributed by atoms with Crippen LogP contribution in [0.1, 0.15) is 16.1 Å². The van der Waals surface area contributed by atoms with E-state index < -0.39 is 0 Å². The van der Waals surface area contributed by atoms with Gasteiger partial charge in [-0.3, -0.25) is 9.78 Å². The Labute approximate surface area is 127 Å². The fourth-order valence-corrected chi connectivity index (χ4v) is 4.21. The van der Waals surface area contributed by atoms with Gasteiger partial charge in [0.15, 0.2) is 0 Å². The van der Waals surface area contributed by atoms with Gasteiger partial charge >= 0.3 is 0 Å². The van der Waals surface area contributed by atoms with Gasteiger partial charge in [-0.25, -0.2) is 0 Å². The lowest BCUT2D eigenvalue weighted by atomic mass is 10.00. The van der Waals surface area contributed by atoms with Crippen molar-refractivity contribution >= 4 is 17.2 Å². The lowest BCUT2D eigenvalue weighted by molar-refractivity contribution is 0.0928. The van der Waals surface area contributed by atoms with Crippen molar-refractivity contribution in [3.63, 3.8) is 0 Å². The molecule has 4 nitrogen and oxygen atoms in total. The van der Waals surface area contributed by atoms with Crippen molar-refractivity contribution in [2.24, 2.45) is 5.92 Å². The first-order chi connectivity index (χ1) is 10.3. The third-order valence-electron chi connectivity index (χ3n) is 4.43. The maximum absolute atomic E-state index is 12.4. The zero-order valence-corrected chi connectivity index (χ0v) is 12.5. The number of carbonyl (C=O) groups is 1. The maximum atomic E-state index is 12.4. The van der Waals surface area contributed by atoms with Gasteiger partial charge in [0.25, 0.3) is 5.91 Å². The number of rotatable bonds is 3. The molecule has 1 N–H and O–H groups in total. The first kappa shape index (κ1) is 13.0. The lowest BCUT2D eigenvalue weighted by Crippen LogP contribution is -2.42. The Hall–Kier alpha value is -1.72. The van der Waals surface area contributed by atoms with Gasteiger partial charge in [0.05, 0.1) is 4.88 Å². The zero-order valence-electron chi connectivity index (χ0n) is 11.7. The normalized spacial score (nSPS) is 27.0. The summed E-state index contributed by atoms with van der Waals surface area (Å²) in [6, 6.07) is 8.18. The quantitative estimate of drug-likeness (QED) is 0.945. The average molecular weight is 299 g/mol. The van der Waals surface area contributed by atoms with Gasteiger partial charge in [-0.15, -0.1) is 11.3 Å². The van der Waals surface area contributed by atoms with E-state index in [0.717, 1.165) is 28.4 Å². The summed E-state index contributed by atoms with van der Waals surface area (Å²) >= 11 is 1.53. The largest absolute Gasteiger partial charge is 0.347 e. The van der Waals surface area contributed by atoms with Gasteiger partial charge in [-0.1, -0.05) is 6.07 Å². The predicted octanol–water partition coefficient (Wildman–Crippen LogP) is 2.24. The topological polar surface area (TPSA) is 45.2 Å². The molecule has 0 aliphatic carbocycles. The van der Waals surface area contributed by atoms with Crippen LogP contribution in [0, 0.1) is 5.92 Å². The van der Waals surface area contributed by atoms with E-state index in [4.69, 9.17) is 0 Å². The van der Waals surface area contributed by atoms with Crippen molar-refractivity contribution in [3.8, 4) is 10.4 Å². The molecule has 21 heavy (non-hydrogen) atoms. The molecule has 0 spiro atoms. The van der Waals surface area contributed by atoms with Gasteiger partial charge in [-0.2, -0.15) is 0 Å². The number of carbonyl (C=O) groups excluding carboxylic acids is 1. The van der Waals surface area contributed by atoms with E-state index in [0.29, 0.717) is 12.0 Å². The van der Waals surface area contributed by atoms with E-state index in [1.54, 1.807) is 6.20 Å². The van der Waals surface area contributed by atoms with E-state index in [2.05, 4.69) is 15.2 Å². The van der Waals surface area contributed by atoms with E-state index in [1.165, 1.54) is 24.3 Å². The summed E-state index contributed by atoms with van der Waals surface area (Å²) in [5.74, 6) is 0.709. The van der Waals surface area contributed by atoms with Crippen molar-refractivity contribution in [2.75, 3.05) is 19.6 Å². The monoisotopic (exact) mass is 299 g/mol. The number of nitrogens with zero attached hydrogens (tertiary/aromatic N) is 2. The van der Waals surface area contributed by atoms with Gasteiger partial charge in [0, 0.05) is 42.0 Å². The van der Waals surface area contributed by atoms with Crippen LogP contribution in [-0.4, -0.2) is 41.5 Å². The molecule has 2 saturated heterocycles. The van der Waals surface area contributed by atoms with Crippen molar-refractivity contribution in [2.45, 2.75) is 12.5 Å². The Balaban J connectivity index is 1.47. The second-order valence-corrected chi connectivity index (χ2v) is 6.88. The van der Waals surface area contributed by atoms with Gasteiger partial charge < -0.3 is 10.2 Å². The molecule has 0 radical (unpaired) electrons. The molecule has 2 aliphatic heterocycles. The van der Waals surface area contributed by atoms with Crippen LogP contribution in [0.3, 0.4) is 0 Å². The highest BCUT2D eigenvalue weighted by Gasteiger charge is 2.38. The Bertz CT molecular complexity index is 655. The molecule has 4 rings (SSSR count). The fraction of sp³-hybridized carbons (Fsp3) is 0.375. The average Bonchev–Trinajstić information content (AvgIpc) is 3.24. The number of piperidine rings is 1. The van der Waals surface area contributed by atoms with Crippen molar-refractivity contribution < 1.29 is 4.79 Å². The highest BCUT2D eigenvalue weighted by Crippen LogP contribution is 2.30. The molecule has 5 heteroatoms. The molecule has 0 aromatic carbocycles. The molecule has 1 amide bonds. The van der Waals surface area contributed by atoms with Crippen LogP contribution in [0.5, 0.6) is 0 Å². The molecular weight excluding hydrogens is 282 g/mol. The zero-order chi connectivity index (χ0) is 14.2. The van der Waals surface area contributed by atoms with E-state index >= 15 is 0 Å². The van der Waals surface area contributed by atoms with Crippen LogP contribution in [0.4, 0.5) is 0 Å². The summed E-state index contributed by atoms with van der Waals surface area (Å²) in [7, 11) is 0. The molecule has 2 fully saturated rings. The van der Waals surface area contributed by atoms with Crippen LogP contribution in [0.15, 0.2) is 36.7 Å².